The van der Waals surface area contributed by atoms with Crippen LogP contribution in [-0.4, -0.2) is 51.1 Å². The van der Waals surface area contributed by atoms with E-state index in [4.69, 9.17) is 0 Å². The van der Waals surface area contributed by atoms with Crippen molar-refractivity contribution in [3.63, 3.8) is 0 Å². The van der Waals surface area contributed by atoms with Crippen molar-refractivity contribution in [3.8, 4) is 68.7 Å². The minimum absolute atomic E-state index is 0. The molecule has 0 spiro atoms. The first kappa shape index (κ1) is 21.1. The summed E-state index contributed by atoms with van der Waals surface area (Å²) < 4.78 is 0. The van der Waals surface area contributed by atoms with E-state index in [0.29, 0.717) is 0 Å². The Hall–Kier alpha value is -4.57. The van der Waals surface area contributed by atoms with Crippen molar-refractivity contribution >= 4 is 0 Å². The first-order chi connectivity index (χ1) is 14.3. The average molecular weight is 423 g/mol. The van der Waals surface area contributed by atoms with Crippen LogP contribution in [0.4, 0.5) is 0 Å². The van der Waals surface area contributed by atoms with Gasteiger partial charge in [0.25, 0.3) is 0 Å². The van der Waals surface area contributed by atoms with Gasteiger partial charge < -0.3 is 36.1 Å². The van der Waals surface area contributed by atoms with E-state index in [2.05, 4.69) is 15.0 Å². The minimum Gasteiger partial charge on any atom is -0.508 e. The summed E-state index contributed by atoms with van der Waals surface area (Å²) >= 11 is 0. The number of hydrogen-bond donors (Lipinski definition) is 6. The van der Waals surface area contributed by atoms with Crippen LogP contribution in [0.3, 0.4) is 0 Å². The maximum atomic E-state index is 10.2. The molecule has 0 aliphatic carbocycles. The fourth-order valence-electron chi connectivity index (χ4n) is 2.86. The molecule has 0 saturated heterocycles. The third-order valence-electron chi connectivity index (χ3n) is 4.30. The van der Waals surface area contributed by atoms with Crippen molar-refractivity contribution in [3.05, 3.63) is 54.6 Å². The van der Waals surface area contributed by atoms with E-state index < -0.39 is 0 Å². The number of rotatable bonds is 3. The summed E-state index contributed by atoms with van der Waals surface area (Å²) in [6.45, 7) is 0. The van der Waals surface area contributed by atoms with E-state index in [0.717, 1.165) is 18.2 Å². The highest BCUT2D eigenvalue weighted by Crippen LogP contribution is 2.37. The smallest absolute Gasteiger partial charge is 0.167 e. The number of aromatic hydroxyl groups is 6. The second-order valence-corrected chi connectivity index (χ2v) is 6.41. The third-order valence-corrected chi connectivity index (χ3v) is 4.30. The Morgan fingerprint density at radius 2 is 0.677 bits per heavy atom. The first-order valence-electron chi connectivity index (χ1n) is 8.65. The Balaban J connectivity index is 0.00000272. The molecule has 0 radical (unpaired) electrons. The van der Waals surface area contributed by atoms with Crippen LogP contribution >= 0.6 is 0 Å². The predicted octanol–water partition coefficient (Wildman–Crippen LogP) is 2.28. The molecule has 0 fully saturated rings. The maximum Gasteiger partial charge on any atom is 0.167 e. The fourth-order valence-corrected chi connectivity index (χ4v) is 2.86. The molecule has 0 saturated carbocycles. The predicted molar refractivity (Wildman–Crippen MR) is 110 cm³/mol. The highest BCUT2D eigenvalue weighted by molar-refractivity contribution is 5.74. The topological polar surface area (TPSA) is 192 Å². The van der Waals surface area contributed by atoms with Crippen LogP contribution in [0.25, 0.3) is 34.2 Å². The Bertz CT molecular complexity index is 1110. The Morgan fingerprint density at radius 3 is 0.903 bits per heavy atom. The van der Waals surface area contributed by atoms with Gasteiger partial charge in [-0.25, -0.2) is 15.0 Å². The quantitative estimate of drug-likeness (QED) is 0.287. The largest absolute Gasteiger partial charge is 0.508 e. The van der Waals surface area contributed by atoms with Crippen LogP contribution in [-0.2, 0) is 0 Å². The summed E-state index contributed by atoms with van der Waals surface area (Å²) in [5, 5.41) is 59.3. The molecule has 4 aromatic rings. The number of hydrogen-bond acceptors (Lipinski definition) is 9. The van der Waals surface area contributed by atoms with Gasteiger partial charge in [-0.3, -0.25) is 0 Å². The molecule has 31 heavy (non-hydrogen) atoms. The normalized spacial score (nSPS) is 10.5. The van der Waals surface area contributed by atoms with Crippen molar-refractivity contribution in [1.82, 2.24) is 15.0 Å². The monoisotopic (exact) mass is 423 g/mol. The lowest BCUT2D eigenvalue weighted by Gasteiger charge is -2.11. The van der Waals surface area contributed by atoms with Crippen molar-refractivity contribution in [2.24, 2.45) is 0 Å². The molecule has 0 aliphatic rings. The zero-order valence-corrected chi connectivity index (χ0v) is 15.7. The maximum absolute atomic E-state index is 10.2. The molecule has 0 aliphatic heterocycles. The van der Waals surface area contributed by atoms with Gasteiger partial charge in [-0.05, 0) is 36.4 Å². The highest BCUT2D eigenvalue weighted by Gasteiger charge is 2.18. The van der Waals surface area contributed by atoms with Gasteiger partial charge >= 0.3 is 0 Å². The Morgan fingerprint density at radius 1 is 0.419 bits per heavy atom. The second kappa shape index (κ2) is 8.05. The SMILES string of the molecule is O.Oc1ccc(-c2nc(-c3ccc(O)cc3O)nc(-c3ccc(O)cc3O)n2)c(O)c1. The third kappa shape index (κ3) is 4.09. The lowest BCUT2D eigenvalue weighted by molar-refractivity contribution is 0.451. The number of aromatic nitrogens is 3. The molecular weight excluding hydrogens is 406 g/mol. The van der Waals surface area contributed by atoms with Gasteiger partial charge in [0.05, 0.1) is 16.7 Å². The molecule has 0 amide bonds. The van der Waals surface area contributed by atoms with Crippen LogP contribution in [0.2, 0.25) is 0 Å². The molecule has 4 rings (SSSR count). The summed E-state index contributed by atoms with van der Waals surface area (Å²) in [5.74, 6) is -1.31. The molecular formula is C21H17N3O7. The van der Waals surface area contributed by atoms with Crippen LogP contribution in [0.15, 0.2) is 54.6 Å². The number of phenols is 6. The van der Waals surface area contributed by atoms with E-state index in [-0.39, 0.29) is 74.1 Å². The summed E-state index contributed by atoms with van der Waals surface area (Å²) in [6.07, 6.45) is 0. The standard InChI is InChI=1S/C21H15N3O6.H2O/c25-10-1-4-13(16(28)7-10)19-22-20(14-5-2-11(26)8-17(14)29)24-21(23-19)15-6-3-12(27)9-18(15)30;/h1-9,25-30H;1H2. The van der Waals surface area contributed by atoms with Crippen LogP contribution in [0, 0.1) is 0 Å². The lowest BCUT2D eigenvalue weighted by Crippen LogP contribution is -2.00. The van der Waals surface area contributed by atoms with E-state index >= 15 is 0 Å². The second-order valence-electron chi connectivity index (χ2n) is 6.41. The zero-order valence-electron chi connectivity index (χ0n) is 15.7. The first-order valence-corrected chi connectivity index (χ1v) is 8.65. The van der Waals surface area contributed by atoms with Gasteiger partial charge in [-0.1, -0.05) is 0 Å². The summed E-state index contributed by atoms with van der Waals surface area (Å²) in [5.41, 5.74) is 0.526. The zero-order chi connectivity index (χ0) is 21.4. The van der Waals surface area contributed by atoms with Gasteiger partial charge in [0, 0.05) is 18.2 Å². The average Bonchev–Trinajstić information content (AvgIpc) is 2.67. The van der Waals surface area contributed by atoms with Crippen molar-refractivity contribution < 1.29 is 36.1 Å². The van der Waals surface area contributed by atoms with Crippen LogP contribution in [0.5, 0.6) is 34.5 Å². The van der Waals surface area contributed by atoms with Crippen LogP contribution < -0.4 is 0 Å². The molecule has 0 atom stereocenters. The van der Waals surface area contributed by atoms with Gasteiger partial charge in [0.2, 0.25) is 0 Å². The molecule has 10 nitrogen and oxygen atoms in total. The molecule has 8 N–H and O–H groups in total. The van der Waals surface area contributed by atoms with Gasteiger partial charge in [0.1, 0.15) is 34.5 Å². The molecule has 0 bridgehead atoms. The minimum atomic E-state index is -0.289. The number of nitrogens with zero attached hydrogens (tertiary/aromatic N) is 3. The summed E-state index contributed by atoms with van der Waals surface area (Å²) in [6, 6.07) is 11.6. The Kier molecular flexibility index (Phi) is 5.49. The van der Waals surface area contributed by atoms with Crippen molar-refractivity contribution in [2.75, 3.05) is 0 Å². The molecule has 3 aromatic carbocycles. The van der Waals surface area contributed by atoms with E-state index in [9.17, 15) is 30.6 Å². The summed E-state index contributed by atoms with van der Waals surface area (Å²) in [7, 11) is 0. The molecule has 1 heterocycles. The molecule has 1 aromatic heterocycles. The van der Waals surface area contributed by atoms with E-state index in [1.807, 2.05) is 0 Å². The van der Waals surface area contributed by atoms with Gasteiger partial charge in [-0.2, -0.15) is 0 Å². The van der Waals surface area contributed by atoms with Gasteiger partial charge in [0.15, 0.2) is 17.5 Å². The number of benzene rings is 3. The lowest BCUT2D eigenvalue weighted by atomic mass is 10.1. The summed E-state index contributed by atoms with van der Waals surface area (Å²) in [4.78, 5) is 12.9. The number of phenolic OH excluding ortho intramolecular Hbond substituents is 6. The van der Waals surface area contributed by atoms with Crippen molar-refractivity contribution in [2.45, 2.75) is 0 Å². The van der Waals surface area contributed by atoms with E-state index in [1.54, 1.807) is 0 Å². The van der Waals surface area contributed by atoms with Gasteiger partial charge in [-0.15, -0.1) is 0 Å². The highest BCUT2D eigenvalue weighted by atomic mass is 16.3. The van der Waals surface area contributed by atoms with Crippen LogP contribution in [0.1, 0.15) is 0 Å². The van der Waals surface area contributed by atoms with Crippen molar-refractivity contribution in [1.29, 1.82) is 0 Å². The molecule has 10 heteroatoms. The fraction of sp³-hybridized carbons (Fsp3) is 0. The molecule has 0 unspecified atom stereocenters. The molecule has 158 valence electrons. The Labute approximate surface area is 175 Å². The van der Waals surface area contributed by atoms with E-state index in [1.165, 1.54) is 36.4 Å².